The monoisotopic (exact) mass is 879 g/mol. The molecule has 3 aliphatic rings. The number of halogens is 2. The molecule has 272 valence electrons. The van der Waals surface area contributed by atoms with Crippen LogP contribution < -0.4 is 17.0 Å². The number of carbonyl (C=O) groups is 1. The maximum Gasteiger partial charge on any atom is 2.00 e. The molecule has 9 heteroatoms. The summed E-state index contributed by atoms with van der Waals surface area (Å²) >= 11 is 2.40. The van der Waals surface area contributed by atoms with Crippen LogP contribution in [0.15, 0.2) is 82.4 Å². The first-order valence-electron chi connectivity index (χ1n) is 16.9. The van der Waals surface area contributed by atoms with Crippen molar-refractivity contribution in [1.82, 2.24) is 0 Å². The summed E-state index contributed by atoms with van der Waals surface area (Å²) in [4.78, 5) is 24.6. The van der Waals surface area contributed by atoms with Gasteiger partial charge in [0, 0.05) is 45.9 Å². The quantitative estimate of drug-likeness (QED) is 0.0800. The molecule has 0 bridgehead atoms. The third-order valence-corrected chi connectivity index (χ3v) is 9.56. The zero-order valence-corrected chi connectivity index (χ0v) is 37.1. The van der Waals surface area contributed by atoms with E-state index in [-0.39, 0.29) is 53.2 Å². The zero-order chi connectivity index (χ0) is 35.3. The molecule has 0 aromatic heterocycles. The Morgan fingerprint density at radius 2 is 1.29 bits per heavy atom. The van der Waals surface area contributed by atoms with Crippen LogP contribution in [0.4, 0.5) is 0 Å². The van der Waals surface area contributed by atoms with Gasteiger partial charge in [0.15, 0.2) is 5.78 Å². The van der Waals surface area contributed by atoms with Crippen molar-refractivity contribution in [3.8, 4) is 0 Å². The summed E-state index contributed by atoms with van der Waals surface area (Å²) in [6.45, 7) is 20.4. The largest absolute Gasteiger partial charge is 2.00 e. The van der Waals surface area contributed by atoms with E-state index in [2.05, 4.69) is 82.3 Å². The summed E-state index contributed by atoms with van der Waals surface area (Å²) in [5.41, 5.74) is 12.1. The van der Waals surface area contributed by atoms with Crippen molar-refractivity contribution >= 4 is 68.6 Å². The first-order valence-corrected chi connectivity index (χ1v) is 18.0. The van der Waals surface area contributed by atoms with Gasteiger partial charge in [-0.1, -0.05) is 68.5 Å². The molecule has 3 heterocycles. The van der Waals surface area contributed by atoms with Crippen LogP contribution >= 0.6 is 22.6 Å². The molecule has 3 aromatic carbocycles. The SMILES string of the molecule is C=COCCCC.CC(=O)c1cccc2c1CCN=C2C.CC1=NCCc2c(I)cccc21.CC1=NCCc2c1cccc2C(C)(C)O.[Br-].[CH3-].[Mg+2]. The number of ether oxygens (including phenoxy) is 1. The van der Waals surface area contributed by atoms with Crippen LogP contribution in [0.25, 0.3) is 0 Å². The summed E-state index contributed by atoms with van der Waals surface area (Å²) < 4.78 is 6.21. The molecule has 0 saturated carbocycles. The Morgan fingerprint density at radius 1 is 0.843 bits per heavy atom. The van der Waals surface area contributed by atoms with E-state index in [0.717, 1.165) is 80.0 Å². The fourth-order valence-corrected chi connectivity index (χ4v) is 6.79. The number of hydrogen-bond donors (Lipinski definition) is 1. The molecule has 0 spiro atoms. The second-order valence-corrected chi connectivity index (χ2v) is 13.7. The number of carbonyl (C=O) groups excluding carboxylic acids is 1. The molecule has 0 unspecified atom stereocenters. The topological polar surface area (TPSA) is 83.6 Å². The average molecular weight is 881 g/mol. The van der Waals surface area contributed by atoms with E-state index in [1.165, 1.54) is 49.8 Å². The summed E-state index contributed by atoms with van der Waals surface area (Å²) in [5.74, 6) is 0.150. The minimum absolute atomic E-state index is 0. The van der Waals surface area contributed by atoms with Crippen molar-refractivity contribution in [2.75, 3.05) is 26.2 Å². The van der Waals surface area contributed by atoms with E-state index >= 15 is 0 Å². The number of hydrogen-bond acceptors (Lipinski definition) is 6. The second-order valence-electron chi connectivity index (χ2n) is 12.6. The van der Waals surface area contributed by atoms with Gasteiger partial charge in [-0.05, 0) is 135 Å². The van der Waals surface area contributed by atoms with E-state index in [0.29, 0.717) is 0 Å². The van der Waals surface area contributed by atoms with E-state index in [9.17, 15) is 9.90 Å². The van der Waals surface area contributed by atoms with Crippen molar-refractivity contribution in [3.63, 3.8) is 0 Å². The predicted octanol–water partition coefficient (Wildman–Crippen LogP) is 6.21. The van der Waals surface area contributed by atoms with E-state index in [1.807, 2.05) is 58.0 Å². The van der Waals surface area contributed by atoms with Gasteiger partial charge in [0.25, 0.3) is 0 Å². The molecule has 3 aliphatic heterocycles. The van der Waals surface area contributed by atoms with Gasteiger partial charge in [-0.3, -0.25) is 19.8 Å². The maximum atomic E-state index is 11.4. The molecule has 0 radical (unpaired) electrons. The van der Waals surface area contributed by atoms with E-state index < -0.39 is 5.60 Å². The predicted molar refractivity (Wildman–Crippen MR) is 223 cm³/mol. The number of fused-ring (bicyclic) bond motifs is 3. The van der Waals surface area contributed by atoms with Crippen molar-refractivity contribution in [3.05, 3.63) is 123 Å². The summed E-state index contributed by atoms with van der Waals surface area (Å²) in [6, 6.07) is 18.4. The molecule has 0 saturated heterocycles. The molecule has 1 N–H and O–H groups in total. The fourth-order valence-electron chi connectivity index (χ4n) is 6.02. The molecule has 3 aromatic rings. The van der Waals surface area contributed by atoms with Gasteiger partial charge < -0.3 is 34.3 Å². The van der Waals surface area contributed by atoms with Crippen LogP contribution in [0, 0.1) is 11.0 Å². The van der Waals surface area contributed by atoms with Crippen molar-refractivity contribution in [2.24, 2.45) is 15.0 Å². The Labute approximate surface area is 347 Å². The van der Waals surface area contributed by atoms with Gasteiger partial charge in [0.2, 0.25) is 0 Å². The van der Waals surface area contributed by atoms with Crippen LogP contribution in [0.3, 0.4) is 0 Å². The Hall–Kier alpha value is -2.18. The molecule has 0 fully saturated rings. The molecular formula is C42H55BrIMgN3O3. The van der Waals surface area contributed by atoms with Gasteiger partial charge >= 0.3 is 23.1 Å². The zero-order valence-electron chi connectivity index (χ0n) is 31.9. The number of ketones is 1. The Bertz CT molecular complexity index is 1680. The molecule has 0 atom stereocenters. The Morgan fingerprint density at radius 3 is 1.76 bits per heavy atom. The maximum absolute atomic E-state index is 11.4. The van der Waals surface area contributed by atoms with Crippen molar-refractivity contribution in [2.45, 2.75) is 86.2 Å². The van der Waals surface area contributed by atoms with Crippen LogP contribution in [-0.2, 0) is 29.6 Å². The third-order valence-electron chi connectivity index (χ3n) is 8.54. The van der Waals surface area contributed by atoms with Crippen LogP contribution in [0.2, 0.25) is 0 Å². The van der Waals surface area contributed by atoms with Crippen molar-refractivity contribution in [1.29, 1.82) is 0 Å². The average Bonchev–Trinajstić information content (AvgIpc) is 3.06. The molecule has 6 rings (SSSR count). The molecule has 51 heavy (non-hydrogen) atoms. The normalized spacial score (nSPS) is 13.4. The first-order chi connectivity index (χ1) is 22.9. The minimum Gasteiger partial charge on any atom is -1.00 e. The fraction of sp³-hybridized carbons (Fsp3) is 0.405. The Balaban J connectivity index is 0.000000660. The number of aliphatic hydroxyl groups is 1. The first kappa shape index (κ1) is 48.8. The summed E-state index contributed by atoms with van der Waals surface area (Å²) in [5, 5.41) is 10.1. The smallest absolute Gasteiger partial charge is 1.00 e. The van der Waals surface area contributed by atoms with Gasteiger partial charge in [-0.2, -0.15) is 0 Å². The number of benzene rings is 3. The van der Waals surface area contributed by atoms with Crippen molar-refractivity contribution < 1.29 is 31.6 Å². The number of aliphatic imine (C=N–C) groups is 3. The number of unbranched alkanes of at least 4 members (excludes halogenated alkanes) is 1. The Kier molecular flexibility index (Phi) is 23.2. The molecular weight excluding hydrogens is 826 g/mol. The van der Waals surface area contributed by atoms with Gasteiger partial charge in [-0.25, -0.2) is 0 Å². The number of rotatable bonds is 6. The minimum atomic E-state index is -0.761. The number of nitrogens with zero attached hydrogens (tertiary/aromatic N) is 3. The van der Waals surface area contributed by atoms with E-state index in [4.69, 9.17) is 4.74 Å². The van der Waals surface area contributed by atoms with Gasteiger partial charge in [0.1, 0.15) is 0 Å². The van der Waals surface area contributed by atoms with Crippen LogP contribution in [-0.4, -0.2) is 77.3 Å². The van der Waals surface area contributed by atoms with Gasteiger partial charge in [-0.15, -0.1) is 0 Å². The summed E-state index contributed by atoms with van der Waals surface area (Å²) in [6.07, 6.45) is 6.73. The third kappa shape index (κ3) is 14.3. The van der Waals surface area contributed by atoms with Gasteiger partial charge in [0.05, 0.1) is 18.5 Å². The molecule has 0 aliphatic carbocycles. The van der Waals surface area contributed by atoms with E-state index in [1.54, 1.807) is 6.92 Å². The summed E-state index contributed by atoms with van der Waals surface area (Å²) in [7, 11) is 0. The molecule has 0 amide bonds. The second kappa shape index (κ2) is 24.2. The van der Waals surface area contributed by atoms with Crippen LogP contribution in [0.1, 0.15) is 111 Å². The number of Topliss-reactive ketones (excluding diaryl/α,β-unsaturated/α-hetero) is 1. The standard InChI is InChI=1S/C13H17NO.C12H13NO.C10H10IN.C6H12O.CH3.BrH.Mg/c1-9-10-5-4-6-12(13(2,3)15)11(10)7-8-14-9;1-8-10-4-3-5-11(9(2)14)12(10)6-7-13-8;1-7-8-3-2-4-10(11)9(8)5-6-12-7;1-3-5-6-7-4-2;;;/h4-6,15H,7-8H2,1-3H3;3-5H,6-7H2,1-2H3;2-4H,5-6H2,1H3;4H,2-3,5-6H2,1H3;1H3;1H;/q;;;;-1;;+2/p-1. The van der Waals surface area contributed by atoms with Crippen LogP contribution in [0.5, 0.6) is 0 Å². The molecule has 6 nitrogen and oxygen atoms in total.